The molecule has 0 bridgehead atoms. The zero-order chi connectivity index (χ0) is 13.1. The fraction of sp³-hybridized carbons (Fsp3) is 0.538. The highest BCUT2D eigenvalue weighted by atomic mass is 32.1. The molecule has 1 aliphatic carbocycles. The second-order valence-electron chi connectivity index (χ2n) is 4.70. The average Bonchev–Trinajstić information content (AvgIpc) is 2.88. The topological polar surface area (TPSA) is 66.4 Å². The number of thiophene rings is 1. The summed E-state index contributed by atoms with van der Waals surface area (Å²) < 4.78 is 0. The van der Waals surface area contributed by atoms with E-state index in [1.54, 1.807) is 18.3 Å². The molecule has 0 aliphatic heterocycles. The van der Waals surface area contributed by atoms with Crippen molar-refractivity contribution in [2.75, 3.05) is 6.54 Å². The SMILES string of the molecule is CC(CCNC(=O)c1cc2c(s1)CCC2)C(=O)O. The maximum absolute atomic E-state index is 11.9. The number of hydrogen-bond acceptors (Lipinski definition) is 3. The Hall–Kier alpha value is -1.36. The lowest BCUT2D eigenvalue weighted by molar-refractivity contribution is -0.141. The van der Waals surface area contributed by atoms with Gasteiger partial charge in [0.2, 0.25) is 0 Å². The molecule has 1 unspecified atom stereocenters. The maximum Gasteiger partial charge on any atom is 0.306 e. The summed E-state index contributed by atoms with van der Waals surface area (Å²) in [5.74, 6) is -1.31. The molecule has 0 radical (unpaired) electrons. The van der Waals surface area contributed by atoms with Gasteiger partial charge in [0, 0.05) is 11.4 Å². The van der Waals surface area contributed by atoms with E-state index >= 15 is 0 Å². The molecular formula is C13H17NO3S. The van der Waals surface area contributed by atoms with Crippen molar-refractivity contribution in [2.24, 2.45) is 5.92 Å². The quantitative estimate of drug-likeness (QED) is 0.858. The summed E-state index contributed by atoms with van der Waals surface area (Å²) in [6.45, 7) is 2.06. The highest BCUT2D eigenvalue weighted by Crippen LogP contribution is 2.30. The Kier molecular flexibility index (Phi) is 4.01. The minimum atomic E-state index is -0.820. The summed E-state index contributed by atoms with van der Waals surface area (Å²) in [6.07, 6.45) is 3.82. The van der Waals surface area contributed by atoms with Crippen molar-refractivity contribution in [2.45, 2.75) is 32.6 Å². The van der Waals surface area contributed by atoms with Crippen molar-refractivity contribution < 1.29 is 14.7 Å². The van der Waals surface area contributed by atoms with Crippen LogP contribution in [-0.2, 0) is 17.6 Å². The molecule has 0 saturated heterocycles. The third-order valence-corrected chi connectivity index (χ3v) is 4.49. The summed E-state index contributed by atoms with van der Waals surface area (Å²) in [5.41, 5.74) is 1.31. The van der Waals surface area contributed by atoms with Gasteiger partial charge in [-0.2, -0.15) is 0 Å². The zero-order valence-electron chi connectivity index (χ0n) is 10.4. The first kappa shape index (κ1) is 13.1. The van der Waals surface area contributed by atoms with E-state index in [1.807, 2.05) is 6.07 Å². The Balaban J connectivity index is 1.83. The summed E-state index contributed by atoms with van der Waals surface area (Å²) in [6, 6.07) is 1.98. The number of nitrogens with one attached hydrogen (secondary N) is 1. The fourth-order valence-corrected chi connectivity index (χ4v) is 3.22. The smallest absolute Gasteiger partial charge is 0.306 e. The molecule has 2 N–H and O–H groups in total. The van der Waals surface area contributed by atoms with Gasteiger partial charge in [0.1, 0.15) is 0 Å². The van der Waals surface area contributed by atoms with Crippen LogP contribution in [0.25, 0.3) is 0 Å². The number of rotatable bonds is 5. The number of aliphatic carboxylic acids is 1. The number of carboxylic acid groups (broad SMARTS) is 1. The van der Waals surface area contributed by atoms with Crippen LogP contribution in [0, 0.1) is 5.92 Å². The number of carboxylic acids is 1. The first-order valence-corrected chi connectivity index (χ1v) is 7.02. The van der Waals surface area contributed by atoms with Crippen LogP contribution in [0.2, 0.25) is 0 Å². The van der Waals surface area contributed by atoms with Gasteiger partial charge in [0.05, 0.1) is 10.8 Å². The van der Waals surface area contributed by atoms with Crippen molar-refractivity contribution in [3.05, 3.63) is 21.4 Å². The normalized spacial score (nSPS) is 15.2. The van der Waals surface area contributed by atoms with Gasteiger partial charge in [-0.15, -0.1) is 11.3 Å². The van der Waals surface area contributed by atoms with E-state index in [1.165, 1.54) is 16.9 Å². The molecule has 1 aliphatic rings. The van der Waals surface area contributed by atoms with Crippen LogP contribution in [-0.4, -0.2) is 23.5 Å². The summed E-state index contributed by atoms with van der Waals surface area (Å²) in [4.78, 5) is 24.6. The molecule has 1 atom stereocenters. The molecule has 2 rings (SSSR count). The minimum Gasteiger partial charge on any atom is -0.481 e. The monoisotopic (exact) mass is 267 g/mol. The Morgan fingerprint density at radius 2 is 2.28 bits per heavy atom. The van der Waals surface area contributed by atoms with Gasteiger partial charge in [0.25, 0.3) is 5.91 Å². The van der Waals surface area contributed by atoms with E-state index in [2.05, 4.69) is 5.32 Å². The standard InChI is InChI=1S/C13H17NO3S/c1-8(13(16)17)5-6-14-12(15)11-7-9-3-2-4-10(9)18-11/h7-8H,2-6H2,1H3,(H,14,15)(H,16,17). The van der Waals surface area contributed by atoms with E-state index in [0.717, 1.165) is 17.7 Å². The van der Waals surface area contributed by atoms with Gasteiger partial charge < -0.3 is 10.4 Å². The molecule has 1 amide bonds. The Morgan fingerprint density at radius 1 is 1.50 bits per heavy atom. The van der Waals surface area contributed by atoms with Gasteiger partial charge in [-0.05, 0) is 37.3 Å². The number of hydrogen-bond donors (Lipinski definition) is 2. The number of fused-ring (bicyclic) bond motifs is 1. The van der Waals surface area contributed by atoms with Crippen LogP contribution in [0.15, 0.2) is 6.07 Å². The molecule has 1 aromatic heterocycles. The maximum atomic E-state index is 11.9. The highest BCUT2D eigenvalue weighted by Gasteiger charge is 2.18. The molecular weight excluding hydrogens is 250 g/mol. The number of carbonyl (C=O) groups is 2. The molecule has 98 valence electrons. The Bertz CT molecular complexity index is 445. The summed E-state index contributed by atoms with van der Waals surface area (Å²) >= 11 is 1.57. The summed E-state index contributed by atoms with van der Waals surface area (Å²) in [5, 5.41) is 11.5. The van der Waals surface area contributed by atoms with Gasteiger partial charge in [-0.1, -0.05) is 6.92 Å². The summed E-state index contributed by atoms with van der Waals surface area (Å²) in [7, 11) is 0. The third-order valence-electron chi connectivity index (χ3n) is 3.25. The van der Waals surface area contributed by atoms with E-state index in [9.17, 15) is 9.59 Å². The van der Waals surface area contributed by atoms with Crippen molar-refractivity contribution in [3.8, 4) is 0 Å². The predicted molar refractivity (Wildman–Crippen MR) is 70.1 cm³/mol. The first-order chi connectivity index (χ1) is 8.58. The van der Waals surface area contributed by atoms with E-state index in [0.29, 0.717) is 13.0 Å². The Labute approximate surface area is 110 Å². The number of carbonyl (C=O) groups excluding carboxylic acids is 1. The largest absolute Gasteiger partial charge is 0.481 e. The van der Waals surface area contributed by atoms with E-state index in [4.69, 9.17) is 5.11 Å². The van der Waals surface area contributed by atoms with Crippen LogP contribution < -0.4 is 5.32 Å². The van der Waals surface area contributed by atoms with Crippen LogP contribution in [0.5, 0.6) is 0 Å². The van der Waals surface area contributed by atoms with Crippen LogP contribution in [0.1, 0.15) is 39.9 Å². The molecule has 0 spiro atoms. The molecule has 0 aromatic carbocycles. The van der Waals surface area contributed by atoms with Crippen molar-refractivity contribution in [1.29, 1.82) is 0 Å². The van der Waals surface area contributed by atoms with Gasteiger partial charge in [-0.25, -0.2) is 0 Å². The fourth-order valence-electron chi connectivity index (χ4n) is 2.05. The molecule has 4 nitrogen and oxygen atoms in total. The van der Waals surface area contributed by atoms with Crippen LogP contribution in [0.4, 0.5) is 0 Å². The second-order valence-corrected chi connectivity index (χ2v) is 5.83. The number of aryl methyl sites for hydroxylation is 2. The lowest BCUT2D eigenvalue weighted by Gasteiger charge is -2.06. The van der Waals surface area contributed by atoms with Crippen LogP contribution >= 0.6 is 11.3 Å². The molecule has 1 aromatic rings. The Morgan fingerprint density at radius 3 is 2.94 bits per heavy atom. The van der Waals surface area contributed by atoms with Crippen molar-refractivity contribution >= 4 is 23.2 Å². The number of amides is 1. The van der Waals surface area contributed by atoms with Gasteiger partial charge in [0.15, 0.2) is 0 Å². The third kappa shape index (κ3) is 2.90. The molecule has 5 heteroatoms. The zero-order valence-corrected chi connectivity index (χ0v) is 11.2. The van der Waals surface area contributed by atoms with E-state index in [-0.39, 0.29) is 5.91 Å². The molecule has 1 heterocycles. The molecule has 0 fully saturated rings. The van der Waals surface area contributed by atoms with E-state index < -0.39 is 11.9 Å². The van der Waals surface area contributed by atoms with Crippen LogP contribution in [0.3, 0.4) is 0 Å². The average molecular weight is 267 g/mol. The minimum absolute atomic E-state index is 0.0769. The molecule has 18 heavy (non-hydrogen) atoms. The second kappa shape index (κ2) is 5.52. The van der Waals surface area contributed by atoms with Crippen molar-refractivity contribution in [1.82, 2.24) is 5.32 Å². The first-order valence-electron chi connectivity index (χ1n) is 6.20. The lowest BCUT2D eigenvalue weighted by Crippen LogP contribution is -2.26. The van der Waals surface area contributed by atoms with Crippen molar-refractivity contribution in [3.63, 3.8) is 0 Å². The van der Waals surface area contributed by atoms with Gasteiger partial charge in [-0.3, -0.25) is 9.59 Å². The highest BCUT2D eigenvalue weighted by molar-refractivity contribution is 7.14. The predicted octanol–water partition coefficient (Wildman–Crippen LogP) is 2.08. The lowest BCUT2D eigenvalue weighted by atomic mass is 10.1. The molecule has 0 saturated carbocycles. The van der Waals surface area contributed by atoms with Gasteiger partial charge >= 0.3 is 5.97 Å².